The Bertz CT molecular complexity index is 1240. The van der Waals surface area contributed by atoms with E-state index >= 15 is 0 Å². The molecule has 1 saturated carbocycles. The third-order valence-corrected chi connectivity index (χ3v) is 8.32. The Morgan fingerprint density at radius 2 is 1.90 bits per heavy atom. The number of hydrogen-bond acceptors (Lipinski definition) is 6. The van der Waals surface area contributed by atoms with Gasteiger partial charge in [0.15, 0.2) is 0 Å². The fourth-order valence-electron chi connectivity index (χ4n) is 6.03. The van der Waals surface area contributed by atoms with E-state index in [1.807, 2.05) is 43.3 Å². The molecule has 0 unspecified atom stereocenters. The van der Waals surface area contributed by atoms with E-state index in [4.69, 9.17) is 14.5 Å². The molecule has 2 amide bonds. The summed E-state index contributed by atoms with van der Waals surface area (Å²) in [5.41, 5.74) is 0. The maximum atomic E-state index is 13.6. The van der Waals surface area contributed by atoms with Gasteiger partial charge in [-0.05, 0) is 73.1 Å². The van der Waals surface area contributed by atoms with Gasteiger partial charge in [0, 0.05) is 38.4 Å². The lowest BCUT2D eigenvalue weighted by Crippen LogP contribution is -2.47. The van der Waals surface area contributed by atoms with E-state index in [2.05, 4.69) is 31.3 Å². The number of rotatable bonds is 4. The molecule has 2 aromatic rings. The molecule has 8 nitrogen and oxygen atoms in total. The Morgan fingerprint density at radius 3 is 2.67 bits per heavy atom. The number of pyridine rings is 1. The van der Waals surface area contributed by atoms with Crippen molar-refractivity contribution in [1.29, 1.82) is 0 Å². The Kier molecular flexibility index (Phi) is 8.01. The van der Waals surface area contributed by atoms with Gasteiger partial charge >= 0.3 is 0 Å². The van der Waals surface area contributed by atoms with Crippen molar-refractivity contribution in [2.45, 2.75) is 70.6 Å². The monoisotopic (exact) mass is 534 g/mol. The number of nitrogens with zero attached hydrogens (tertiary/aromatic N) is 3. The van der Waals surface area contributed by atoms with E-state index in [0.717, 1.165) is 48.0 Å². The van der Waals surface area contributed by atoms with Crippen LogP contribution < -0.4 is 19.7 Å². The van der Waals surface area contributed by atoms with E-state index in [1.54, 1.807) is 12.0 Å². The normalized spacial score (nSPS) is 30.4. The molecule has 8 heteroatoms. The SMILES string of the molecule is COc1ccc2c(O[C@@H]3C[C@H]4C(=O)N[C@@H]5C[C@H]5/C=C\CC[C@@H](C)C[C@@H](C)CC(=O)N4C3)nc(N(C)C)cc2c1. The number of ether oxygens (including phenoxy) is 2. The van der Waals surface area contributed by atoms with Crippen molar-refractivity contribution in [2.24, 2.45) is 17.8 Å². The van der Waals surface area contributed by atoms with Gasteiger partial charge in [0.25, 0.3) is 0 Å². The van der Waals surface area contributed by atoms with Crippen LogP contribution in [0.2, 0.25) is 0 Å². The minimum absolute atomic E-state index is 0.0332. The first kappa shape index (κ1) is 27.3. The second-order valence-corrected chi connectivity index (χ2v) is 12.0. The zero-order valence-corrected chi connectivity index (χ0v) is 23.9. The number of fused-ring (bicyclic) bond motifs is 3. The van der Waals surface area contributed by atoms with Crippen molar-refractivity contribution in [3.05, 3.63) is 36.4 Å². The van der Waals surface area contributed by atoms with Crippen LogP contribution in [0.3, 0.4) is 0 Å². The standard InChI is InChI=1S/C31H42N4O4/c1-19-8-6-7-9-21-15-26(21)32-30(37)27-17-24(18-35(27)29(36)13-20(2)12-19)39-31-25-11-10-23(38-5)14-22(25)16-28(33-31)34(3)4/h7,9-11,14,16,19-21,24,26-27H,6,8,12-13,15,17-18H2,1-5H3,(H,32,37)/b9-7-/t19-,20-,21-,24-,26-,27+/m1/s1. The largest absolute Gasteiger partial charge is 0.497 e. The highest BCUT2D eigenvalue weighted by Crippen LogP contribution is 2.35. The number of carbonyl (C=O) groups is 2. The predicted octanol–water partition coefficient (Wildman–Crippen LogP) is 4.56. The van der Waals surface area contributed by atoms with Gasteiger partial charge in [-0.3, -0.25) is 9.59 Å². The first-order valence-electron chi connectivity index (χ1n) is 14.3. The molecule has 0 radical (unpaired) electrons. The van der Waals surface area contributed by atoms with Crippen LogP contribution in [0.1, 0.15) is 52.4 Å². The molecule has 1 aromatic heterocycles. The first-order valence-corrected chi connectivity index (χ1v) is 14.3. The maximum Gasteiger partial charge on any atom is 0.243 e. The second-order valence-electron chi connectivity index (χ2n) is 12.0. The van der Waals surface area contributed by atoms with Crippen molar-refractivity contribution in [3.63, 3.8) is 0 Å². The van der Waals surface area contributed by atoms with E-state index in [0.29, 0.717) is 37.1 Å². The van der Waals surface area contributed by atoms with Gasteiger partial charge in [0.05, 0.1) is 13.7 Å². The molecule has 3 aliphatic rings. The molecule has 210 valence electrons. The number of amides is 2. The smallest absolute Gasteiger partial charge is 0.243 e. The van der Waals surface area contributed by atoms with Crippen molar-refractivity contribution >= 4 is 28.4 Å². The van der Waals surface area contributed by atoms with E-state index in [9.17, 15) is 9.59 Å². The summed E-state index contributed by atoms with van der Waals surface area (Å²) in [5.74, 6) is 3.21. The number of nitrogens with one attached hydrogen (secondary N) is 1. The summed E-state index contributed by atoms with van der Waals surface area (Å²) in [5, 5.41) is 5.04. The van der Waals surface area contributed by atoms with Gasteiger partial charge < -0.3 is 24.6 Å². The molecule has 1 N–H and O–H groups in total. The average Bonchev–Trinajstić information content (AvgIpc) is 3.48. The lowest BCUT2D eigenvalue weighted by atomic mass is 9.91. The van der Waals surface area contributed by atoms with Gasteiger partial charge in [-0.25, -0.2) is 0 Å². The lowest BCUT2D eigenvalue weighted by Gasteiger charge is -2.25. The molecule has 39 heavy (non-hydrogen) atoms. The molecular formula is C31H42N4O4. The van der Waals surface area contributed by atoms with Crippen molar-refractivity contribution in [1.82, 2.24) is 15.2 Å². The molecule has 6 atom stereocenters. The van der Waals surface area contributed by atoms with Crippen LogP contribution in [0, 0.1) is 17.8 Å². The second kappa shape index (κ2) is 11.4. The third kappa shape index (κ3) is 6.31. The fourth-order valence-corrected chi connectivity index (χ4v) is 6.03. The zero-order valence-electron chi connectivity index (χ0n) is 23.9. The Labute approximate surface area is 231 Å². The number of carbonyl (C=O) groups excluding carboxylic acids is 2. The lowest BCUT2D eigenvalue weighted by molar-refractivity contribution is -0.139. The van der Waals surface area contributed by atoms with Crippen LogP contribution in [-0.4, -0.2) is 67.6 Å². The quantitative estimate of drug-likeness (QED) is 0.579. The summed E-state index contributed by atoms with van der Waals surface area (Å²) in [6, 6.07) is 7.44. The minimum atomic E-state index is -0.536. The van der Waals surface area contributed by atoms with E-state index in [-0.39, 0.29) is 29.9 Å². The van der Waals surface area contributed by atoms with Crippen LogP contribution in [0.15, 0.2) is 36.4 Å². The molecule has 1 aromatic carbocycles. The Hall–Kier alpha value is -3.29. The number of hydrogen-bond donors (Lipinski definition) is 1. The molecule has 2 aliphatic heterocycles. The van der Waals surface area contributed by atoms with Gasteiger partial charge in [-0.2, -0.15) is 4.98 Å². The van der Waals surface area contributed by atoms with Crippen LogP contribution in [0.5, 0.6) is 11.6 Å². The van der Waals surface area contributed by atoms with Gasteiger partial charge in [-0.1, -0.05) is 26.0 Å². The summed E-state index contributed by atoms with van der Waals surface area (Å²) in [6.07, 6.45) is 9.23. The fraction of sp³-hybridized carbons (Fsp3) is 0.581. The Morgan fingerprint density at radius 1 is 1.08 bits per heavy atom. The predicted molar refractivity (Wildman–Crippen MR) is 153 cm³/mol. The topological polar surface area (TPSA) is 84.0 Å². The zero-order chi connectivity index (χ0) is 27.7. The van der Waals surface area contributed by atoms with Gasteiger partial charge in [0.2, 0.25) is 17.7 Å². The molecule has 3 heterocycles. The number of aromatic nitrogens is 1. The average molecular weight is 535 g/mol. The maximum absolute atomic E-state index is 13.6. The van der Waals surface area contributed by atoms with Crippen LogP contribution in [0.4, 0.5) is 5.82 Å². The summed E-state index contributed by atoms with van der Waals surface area (Å²) >= 11 is 0. The van der Waals surface area contributed by atoms with E-state index in [1.165, 1.54) is 0 Å². The Balaban J connectivity index is 1.40. The van der Waals surface area contributed by atoms with Crippen molar-refractivity contribution < 1.29 is 19.1 Å². The summed E-state index contributed by atoms with van der Waals surface area (Å²) in [4.78, 5) is 35.5. The molecular weight excluding hydrogens is 492 g/mol. The highest BCUT2D eigenvalue weighted by atomic mass is 16.5. The number of benzene rings is 1. The van der Waals surface area contributed by atoms with Crippen LogP contribution in [0.25, 0.3) is 10.8 Å². The summed E-state index contributed by atoms with van der Waals surface area (Å²) in [7, 11) is 5.53. The number of anilines is 1. The number of allylic oxidation sites excluding steroid dienone is 1. The minimum Gasteiger partial charge on any atom is -0.497 e. The molecule has 0 spiro atoms. The molecule has 5 rings (SSSR count). The van der Waals surface area contributed by atoms with Crippen molar-refractivity contribution in [2.75, 3.05) is 32.6 Å². The summed E-state index contributed by atoms with van der Waals surface area (Å²) < 4.78 is 11.9. The van der Waals surface area contributed by atoms with E-state index < -0.39 is 6.04 Å². The highest BCUT2D eigenvalue weighted by molar-refractivity contribution is 5.91. The first-order chi connectivity index (χ1) is 18.7. The van der Waals surface area contributed by atoms with Crippen LogP contribution >= 0.6 is 0 Å². The third-order valence-electron chi connectivity index (χ3n) is 8.32. The van der Waals surface area contributed by atoms with Gasteiger partial charge in [0.1, 0.15) is 23.7 Å². The highest BCUT2D eigenvalue weighted by Gasteiger charge is 2.44. The summed E-state index contributed by atoms with van der Waals surface area (Å²) in [6.45, 7) is 4.79. The van der Waals surface area contributed by atoms with Crippen LogP contribution in [-0.2, 0) is 9.59 Å². The molecule has 2 fully saturated rings. The van der Waals surface area contributed by atoms with Crippen molar-refractivity contribution in [3.8, 4) is 11.6 Å². The molecule has 1 aliphatic carbocycles. The van der Waals surface area contributed by atoms with Gasteiger partial charge in [-0.15, -0.1) is 0 Å². The number of methoxy groups -OCH3 is 1. The molecule has 0 bridgehead atoms. The molecule has 1 saturated heterocycles.